The van der Waals surface area contributed by atoms with Crippen molar-refractivity contribution in [3.63, 3.8) is 0 Å². The molecule has 1 heterocycles. The average molecular weight is 172 g/mol. The Morgan fingerprint density at radius 1 is 1.31 bits per heavy atom. The Labute approximate surface area is 77.8 Å². The molecule has 0 aliphatic carbocycles. The van der Waals surface area contributed by atoms with E-state index in [9.17, 15) is 0 Å². The molecule has 0 fully saturated rings. The first-order valence-corrected chi connectivity index (χ1v) is 4.49. The molecule has 1 aromatic heterocycles. The quantitative estimate of drug-likeness (QED) is 0.680. The standard InChI is InChI=1S/C11H12N2/c1-2-10-5-3-6-11(9-10)13-8-4-7-12-13/h3-9H,2H2,1H3. The number of aryl methyl sites for hydroxylation is 1. The summed E-state index contributed by atoms with van der Waals surface area (Å²) in [6, 6.07) is 10.3. The molecule has 0 unspecified atom stereocenters. The lowest BCUT2D eigenvalue weighted by Crippen LogP contribution is -1.94. The summed E-state index contributed by atoms with van der Waals surface area (Å²) in [6.07, 6.45) is 4.81. The molecule has 2 rings (SSSR count). The van der Waals surface area contributed by atoms with Crippen molar-refractivity contribution in [3.05, 3.63) is 48.3 Å². The van der Waals surface area contributed by atoms with Crippen LogP contribution in [0.3, 0.4) is 0 Å². The zero-order chi connectivity index (χ0) is 9.10. The molecule has 0 aliphatic rings. The summed E-state index contributed by atoms with van der Waals surface area (Å²) >= 11 is 0. The first-order chi connectivity index (χ1) is 6.40. The van der Waals surface area contributed by atoms with E-state index in [4.69, 9.17) is 0 Å². The van der Waals surface area contributed by atoms with Gasteiger partial charge >= 0.3 is 0 Å². The van der Waals surface area contributed by atoms with Gasteiger partial charge < -0.3 is 0 Å². The van der Waals surface area contributed by atoms with E-state index in [1.807, 2.05) is 16.9 Å². The smallest absolute Gasteiger partial charge is 0.0648 e. The number of hydrogen-bond acceptors (Lipinski definition) is 1. The van der Waals surface area contributed by atoms with Crippen LogP contribution in [0.4, 0.5) is 0 Å². The van der Waals surface area contributed by atoms with Crippen LogP contribution < -0.4 is 0 Å². The molecule has 0 aliphatic heterocycles. The van der Waals surface area contributed by atoms with Crippen molar-refractivity contribution >= 4 is 0 Å². The maximum absolute atomic E-state index is 4.18. The summed E-state index contributed by atoms with van der Waals surface area (Å²) in [5.41, 5.74) is 2.47. The van der Waals surface area contributed by atoms with E-state index in [2.05, 4.69) is 36.3 Å². The van der Waals surface area contributed by atoms with E-state index in [1.165, 1.54) is 5.56 Å². The molecule has 0 saturated carbocycles. The Morgan fingerprint density at radius 2 is 2.23 bits per heavy atom. The highest BCUT2D eigenvalue weighted by atomic mass is 15.3. The van der Waals surface area contributed by atoms with Crippen molar-refractivity contribution in [3.8, 4) is 5.69 Å². The predicted octanol–water partition coefficient (Wildman–Crippen LogP) is 2.43. The maximum atomic E-state index is 4.18. The Balaban J connectivity index is 2.41. The molecule has 0 saturated heterocycles. The Hall–Kier alpha value is -1.57. The molecule has 2 heteroatoms. The molecular weight excluding hydrogens is 160 g/mol. The van der Waals surface area contributed by atoms with Gasteiger partial charge in [-0.05, 0) is 30.2 Å². The molecule has 0 bridgehead atoms. The highest BCUT2D eigenvalue weighted by Crippen LogP contribution is 2.09. The molecule has 1 aromatic carbocycles. The van der Waals surface area contributed by atoms with Crippen molar-refractivity contribution in [1.29, 1.82) is 0 Å². The van der Waals surface area contributed by atoms with Crippen LogP contribution in [0.5, 0.6) is 0 Å². The molecule has 0 radical (unpaired) electrons. The zero-order valence-electron chi connectivity index (χ0n) is 7.64. The van der Waals surface area contributed by atoms with Crippen molar-refractivity contribution in [2.75, 3.05) is 0 Å². The van der Waals surface area contributed by atoms with Gasteiger partial charge in [0.15, 0.2) is 0 Å². The summed E-state index contributed by atoms with van der Waals surface area (Å²) in [4.78, 5) is 0. The number of rotatable bonds is 2. The van der Waals surface area contributed by atoms with Gasteiger partial charge in [-0.1, -0.05) is 19.1 Å². The fraction of sp³-hybridized carbons (Fsp3) is 0.182. The van der Waals surface area contributed by atoms with E-state index in [1.54, 1.807) is 6.20 Å². The van der Waals surface area contributed by atoms with Crippen LogP contribution in [-0.2, 0) is 6.42 Å². The molecule has 0 spiro atoms. The minimum Gasteiger partial charge on any atom is -0.241 e. The fourth-order valence-corrected chi connectivity index (χ4v) is 1.34. The largest absolute Gasteiger partial charge is 0.241 e. The number of hydrogen-bond donors (Lipinski definition) is 0. The molecule has 0 amide bonds. The number of nitrogens with zero attached hydrogens (tertiary/aromatic N) is 2. The molecule has 2 aromatic rings. The third-order valence-electron chi connectivity index (χ3n) is 2.09. The van der Waals surface area contributed by atoms with Gasteiger partial charge in [-0.15, -0.1) is 0 Å². The van der Waals surface area contributed by atoms with Gasteiger partial charge in [0, 0.05) is 12.4 Å². The highest BCUT2D eigenvalue weighted by molar-refractivity contribution is 5.34. The van der Waals surface area contributed by atoms with Gasteiger partial charge in [0.1, 0.15) is 0 Å². The van der Waals surface area contributed by atoms with E-state index >= 15 is 0 Å². The Morgan fingerprint density at radius 3 is 2.92 bits per heavy atom. The normalized spacial score (nSPS) is 10.2. The lowest BCUT2D eigenvalue weighted by molar-refractivity contribution is 0.877. The number of benzene rings is 1. The molecule has 2 nitrogen and oxygen atoms in total. The molecule has 66 valence electrons. The van der Waals surface area contributed by atoms with Gasteiger partial charge in [-0.25, -0.2) is 4.68 Å². The lowest BCUT2D eigenvalue weighted by Gasteiger charge is -2.02. The predicted molar refractivity (Wildman–Crippen MR) is 52.9 cm³/mol. The zero-order valence-corrected chi connectivity index (χ0v) is 7.64. The first-order valence-electron chi connectivity index (χ1n) is 4.49. The van der Waals surface area contributed by atoms with Gasteiger partial charge in [0.05, 0.1) is 5.69 Å². The molecule has 0 N–H and O–H groups in total. The van der Waals surface area contributed by atoms with Gasteiger partial charge in [-0.3, -0.25) is 0 Å². The molecule has 0 atom stereocenters. The van der Waals surface area contributed by atoms with Gasteiger partial charge in [0.25, 0.3) is 0 Å². The van der Waals surface area contributed by atoms with Crippen LogP contribution in [0.1, 0.15) is 12.5 Å². The van der Waals surface area contributed by atoms with Crippen LogP contribution in [0.15, 0.2) is 42.7 Å². The van der Waals surface area contributed by atoms with Gasteiger partial charge in [-0.2, -0.15) is 5.10 Å². The highest BCUT2D eigenvalue weighted by Gasteiger charge is 1.95. The van der Waals surface area contributed by atoms with Crippen molar-refractivity contribution < 1.29 is 0 Å². The lowest BCUT2D eigenvalue weighted by atomic mass is 10.1. The summed E-state index contributed by atoms with van der Waals surface area (Å²) in [5.74, 6) is 0. The maximum Gasteiger partial charge on any atom is 0.0648 e. The van der Waals surface area contributed by atoms with Crippen LogP contribution in [-0.4, -0.2) is 9.78 Å². The van der Waals surface area contributed by atoms with E-state index in [0.29, 0.717) is 0 Å². The van der Waals surface area contributed by atoms with Gasteiger partial charge in [0.2, 0.25) is 0 Å². The summed E-state index contributed by atoms with van der Waals surface area (Å²) in [7, 11) is 0. The fourth-order valence-electron chi connectivity index (χ4n) is 1.34. The second-order valence-electron chi connectivity index (χ2n) is 2.97. The van der Waals surface area contributed by atoms with Crippen LogP contribution >= 0.6 is 0 Å². The second kappa shape index (κ2) is 3.44. The minimum absolute atomic E-state index is 1.06. The van der Waals surface area contributed by atoms with Crippen LogP contribution in [0.2, 0.25) is 0 Å². The SMILES string of the molecule is CCc1cccc(-n2cccn2)c1. The Kier molecular flexibility index (Phi) is 2.13. The summed E-state index contributed by atoms with van der Waals surface area (Å²) in [6.45, 7) is 2.15. The van der Waals surface area contributed by atoms with Crippen LogP contribution in [0, 0.1) is 0 Å². The van der Waals surface area contributed by atoms with Crippen LogP contribution in [0.25, 0.3) is 5.69 Å². The van der Waals surface area contributed by atoms with E-state index in [0.717, 1.165) is 12.1 Å². The second-order valence-corrected chi connectivity index (χ2v) is 2.97. The third kappa shape index (κ3) is 1.61. The first kappa shape index (κ1) is 8.05. The number of aromatic nitrogens is 2. The summed E-state index contributed by atoms with van der Waals surface area (Å²) in [5, 5.41) is 4.18. The Bertz CT molecular complexity index is 377. The summed E-state index contributed by atoms with van der Waals surface area (Å²) < 4.78 is 1.87. The molecule has 13 heavy (non-hydrogen) atoms. The van der Waals surface area contributed by atoms with E-state index in [-0.39, 0.29) is 0 Å². The van der Waals surface area contributed by atoms with Crippen molar-refractivity contribution in [1.82, 2.24) is 9.78 Å². The average Bonchev–Trinajstić information content (AvgIpc) is 2.71. The van der Waals surface area contributed by atoms with Crippen molar-refractivity contribution in [2.45, 2.75) is 13.3 Å². The van der Waals surface area contributed by atoms with Crippen molar-refractivity contribution in [2.24, 2.45) is 0 Å². The van der Waals surface area contributed by atoms with E-state index < -0.39 is 0 Å². The third-order valence-corrected chi connectivity index (χ3v) is 2.09. The minimum atomic E-state index is 1.06. The molecular formula is C11H12N2. The topological polar surface area (TPSA) is 17.8 Å². The monoisotopic (exact) mass is 172 g/mol.